The molecule has 104 valence electrons. The predicted octanol–water partition coefficient (Wildman–Crippen LogP) is 2.40. The van der Waals surface area contributed by atoms with Crippen molar-refractivity contribution >= 4 is 21.8 Å². The van der Waals surface area contributed by atoms with Gasteiger partial charge in [-0.2, -0.15) is 0 Å². The van der Waals surface area contributed by atoms with Gasteiger partial charge in [0.2, 0.25) is 0 Å². The van der Waals surface area contributed by atoms with Crippen molar-refractivity contribution in [2.45, 2.75) is 26.3 Å². The van der Waals surface area contributed by atoms with Crippen LogP contribution in [0.5, 0.6) is 0 Å². The van der Waals surface area contributed by atoms with Gasteiger partial charge >= 0.3 is 0 Å². The zero-order chi connectivity index (χ0) is 14.0. The van der Waals surface area contributed by atoms with Crippen LogP contribution < -0.4 is 0 Å². The lowest BCUT2D eigenvalue weighted by Crippen LogP contribution is -2.54. The second-order valence-corrected chi connectivity index (χ2v) is 6.54. The maximum atomic E-state index is 12.4. The molecular weight excluding hydrogens is 306 g/mol. The van der Waals surface area contributed by atoms with Gasteiger partial charge < -0.3 is 4.90 Å². The fraction of sp³-hybridized carbons (Fsp3) is 0.571. The summed E-state index contributed by atoms with van der Waals surface area (Å²) in [7, 11) is 0. The van der Waals surface area contributed by atoms with Crippen LogP contribution in [0.15, 0.2) is 22.9 Å². The van der Waals surface area contributed by atoms with Crippen LogP contribution in [-0.4, -0.2) is 52.4 Å². The van der Waals surface area contributed by atoms with Crippen LogP contribution in [0.4, 0.5) is 0 Å². The zero-order valence-corrected chi connectivity index (χ0v) is 13.3. The summed E-state index contributed by atoms with van der Waals surface area (Å²) >= 11 is 3.34. The van der Waals surface area contributed by atoms with E-state index in [1.54, 1.807) is 12.3 Å². The van der Waals surface area contributed by atoms with E-state index in [1.807, 2.05) is 11.0 Å². The van der Waals surface area contributed by atoms with E-state index in [1.165, 1.54) is 0 Å². The van der Waals surface area contributed by atoms with Crippen molar-refractivity contribution < 1.29 is 4.79 Å². The molecule has 2 heterocycles. The third-order valence-electron chi connectivity index (χ3n) is 3.51. The molecule has 0 radical (unpaired) electrons. The topological polar surface area (TPSA) is 36.4 Å². The lowest BCUT2D eigenvalue weighted by atomic mass is 10.0. The third kappa shape index (κ3) is 3.34. The van der Waals surface area contributed by atoms with Crippen molar-refractivity contribution in [3.63, 3.8) is 0 Å². The van der Waals surface area contributed by atoms with Crippen molar-refractivity contribution in [3.8, 4) is 0 Å². The van der Waals surface area contributed by atoms with Gasteiger partial charge in [0.05, 0.1) is 5.56 Å². The van der Waals surface area contributed by atoms with E-state index in [-0.39, 0.29) is 11.4 Å². The molecular formula is C14H20BrN3O. The van der Waals surface area contributed by atoms with Crippen LogP contribution in [0.1, 0.15) is 31.1 Å². The molecule has 19 heavy (non-hydrogen) atoms. The van der Waals surface area contributed by atoms with Crippen molar-refractivity contribution in [3.05, 3.63) is 28.5 Å². The SMILES string of the molecule is CC(C)(C)N1CCN(C(=O)c2cccnc2Br)CC1. The Hall–Kier alpha value is -0.940. The summed E-state index contributed by atoms with van der Waals surface area (Å²) < 4.78 is 0.623. The molecule has 1 fully saturated rings. The second kappa shape index (κ2) is 5.59. The Morgan fingerprint density at radius 2 is 1.89 bits per heavy atom. The molecule has 4 nitrogen and oxygen atoms in total. The number of pyridine rings is 1. The Morgan fingerprint density at radius 3 is 2.42 bits per heavy atom. The molecule has 1 amide bonds. The molecule has 1 aliphatic heterocycles. The average molecular weight is 326 g/mol. The van der Waals surface area contributed by atoms with E-state index in [2.05, 4.69) is 46.6 Å². The Labute approximate surface area is 122 Å². The van der Waals surface area contributed by atoms with Crippen LogP contribution >= 0.6 is 15.9 Å². The lowest BCUT2D eigenvalue weighted by molar-refractivity contribution is 0.0450. The fourth-order valence-corrected chi connectivity index (χ4v) is 2.72. The lowest BCUT2D eigenvalue weighted by Gasteiger charge is -2.42. The van der Waals surface area contributed by atoms with Gasteiger partial charge in [0.25, 0.3) is 5.91 Å². The van der Waals surface area contributed by atoms with Gasteiger partial charge in [0.1, 0.15) is 4.60 Å². The largest absolute Gasteiger partial charge is 0.336 e. The number of aromatic nitrogens is 1. The van der Waals surface area contributed by atoms with Crippen LogP contribution in [0.2, 0.25) is 0 Å². The summed E-state index contributed by atoms with van der Waals surface area (Å²) in [4.78, 5) is 20.8. The molecule has 1 aromatic rings. The molecule has 0 unspecified atom stereocenters. The number of carbonyl (C=O) groups excluding carboxylic acids is 1. The van der Waals surface area contributed by atoms with Crippen LogP contribution in [0.25, 0.3) is 0 Å². The van der Waals surface area contributed by atoms with E-state index in [4.69, 9.17) is 0 Å². The molecule has 0 atom stereocenters. The first-order valence-electron chi connectivity index (χ1n) is 6.54. The van der Waals surface area contributed by atoms with Gasteiger partial charge in [-0.15, -0.1) is 0 Å². The van der Waals surface area contributed by atoms with Gasteiger partial charge in [-0.05, 0) is 48.8 Å². The van der Waals surface area contributed by atoms with Crippen molar-refractivity contribution in [1.29, 1.82) is 0 Å². The minimum atomic E-state index is 0.0635. The van der Waals surface area contributed by atoms with E-state index >= 15 is 0 Å². The number of nitrogens with zero attached hydrogens (tertiary/aromatic N) is 3. The number of halogens is 1. The molecule has 1 aliphatic rings. The summed E-state index contributed by atoms with van der Waals surface area (Å²) in [6, 6.07) is 3.61. The van der Waals surface area contributed by atoms with E-state index in [0.717, 1.165) is 26.2 Å². The highest BCUT2D eigenvalue weighted by Crippen LogP contribution is 2.19. The molecule has 0 bridgehead atoms. The summed E-state index contributed by atoms with van der Waals surface area (Å²) in [5.41, 5.74) is 0.816. The van der Waals surface area contributed by atoms with Gasteiger partial charge in [-0.1, -0.05) is 0 Å². The molecule has 0 aromatic carbocycles. The first kappa shape index (κ1) is 14.5. The molecule has 5 heteroatoms. The van der Waals surface area contributed by atoms with Crippen LogP contribution in [0.3, 0.4) is 0 Å². The molecule has 0 spiro atoms. The predicted molar refractivity (Wildman–Crippen MR) is 79.2 cm³/mol. The highest BCUT2D eigenvalue weighted by molar-refractivity contribution is 9.10. The summed E-state index contributed by atoms with van der Waals surface area (Å²) in [6.45, 7) is 10.0. The normalized spacial score (nSPS) is 17.6. The maximum Gasteiger partial charge on any atom is 0.256 e. The number of rotatable bonds is 1. The number of hydrogen-bond acceptors (Lipinski definition) is 3. The van der Waals surface area contributed by atoms with Crippen molar-refractivity contribution in [2.24, 2.45) is 0 Å². The van der Waals surface area contributed by atoms with E-state index in [0.29, 0.717) is 10.2 Å². The molecule has 1 saturated heterocycles. The Bertz CT molecular complexity index is 462. The first-order chi connectivity index (χ1) is 8.89. The van der Waals surface area contributed by atoms with Gasteiger partial charge in [0.15, 0.2) is 0 Å². The number of piperazine rings is 1. The van der Waals surface area contributed by atoms with Crippen LogP contribution in [0, 0.1) is 0 Å². The van der Waals surface area contributed by atoms with Gasteiger partial charge in [-0.3, -0.25) is 9.69 Å². The molecule has 1 aromatic heterocycles. The van der Waals surface area contributed by atoms with Gasteiger partial charge in [-0.25, -0.2) is 4.98 Å². The average Bonchev–Trinajstić information content (AvgIpc) is 2.38. The quantitative estimate of drug-likeness (QED) is 0.744. The number of carbonyl (C=O) groups is 1. The fourth-order valence-electron chi connectivity index (χ4n) is 2.30. The number of amides is 1. The molecule has 0 aliphatic carbocycles. The van der Waals surface area contributed by atoms with E-state index < -0.39 is 0 Å². The highest BCUT2D eigenvalue weighted by Gasteiger charge is 2.28. The molecule has 0 saturated carbocycles. The minimum absolute atomic E-state index is 0.0635. The summed E-state index contributed by atoms with van der Waals surface area (Å²) in [6.07, 6.45) is 1.68. The monoisotopic (exact) mass is 325 g/mol. The standard InChI is InChI=1S/C14H20BrN3O/c1-14(2,3)18-9-7-17(8-10-18)13(19)11-5-4-6-16-12(11)15/h4-6H,7-10H2,1-3H3. The highest BCUT2D eigenvalue weighted by atomic mass is 79.9. The summed E-state index contributed by atoms with van der Waals surface area (Å²) in [5, 5.41) is 0. The number of hydrogen-bond donors (Lipinski definition) is 0. The Balaban J connectivity index is 2.03. The maximum absolute atomic E-state index is 12.4. The van der Waals surface area contributed by atoms with Crippen LogP contribution in [-0.2, 0) is 0 Å². The Morgan fingerprint density at radius 1 is 1.26 bits per heavy atom. The van der Waals surface area contributed by atoms with Crippen molar-refractivity contribution in [2.75, 3.05) is 26.2 Å². The first-order valence-corrected chi connectivity index (χ1v) is 7.34. The third-order valence-corrected chi connectivity index (χ3v) is 4.14. The smallest absolute Gasteiger partial charge is 0.256 e. The van der Waals surface area contributed by atoms with E-state index in [9.17, 15) is 4.79 Å². The minimum Gasteiger partial charge on any atom is -0.336 e. The zero-order valence-electron chi connectivity index (χ0n) is 11.7. The molecule has 2 rings (SSSR count). The summed E-state index contributed by atoms with van der Waals surface area (Å²) in [5.74, 6) is 0.0635. The Kier molecular flexibility index (Phi) is 4.26. The molecule has 0 N–H and O–H groups in total. The van der Waals surface area contributed by atoms with Gasteiger partial charge in [0, 0.05) is 37.9 Å². The second-order valence-electron chi connectivity index (χ2n) is 5.79. The van der Waals surface area contributed by atoms with Crippen molar-refractivity contribution in [1.82, 2.24) is 14.8 Å².